The van der Waals surface area contributed by atoms with Crippen LogP contribution in [-0.4, -0.2) is 26.0 Å². The van der Waals surface area contributed by atoms with Gasteiger partial charge in [-0.05, 0) is 48.7 Å². The highest BCUT2D eigenvalue weighted by atomic mass is 16.2. The Hall–Kier alpha value is -2.91. The number of fused-ring (bicyclic) bond motifs is 1. The fourth-order valence-electron chi connectivity index (χ4n) is 4.42. The van der Waals surface area contributed by atoms with E-state index in [9.17, 15) is 4.79 Å². The summed E-state index contributed by atoms with van der Waals surface area (Å²) in [7, 11) is 1.98. The summed E-state index contributed by atoms with van der Waals surface area (Å²) in [6.07, 6.45) is 1.48. The fraction of sp³-hybridized carbons (Fsp3) is 0.269. The van der Waals surface area contributed by atoms with Crippen LogP contribution in [0.5, 0.6) is 0 Å². The van der Waals surface area contributed by atoms with Crippen LogP contribution in [0.1, 0.15) is 29.0 Å². The Bertz CT molecular complexity index is 900. The molecule has 0 aliphatic carbocycles. The van der Waals surface area contributed by atoms with E-state index in [0.29, 0.717) is 12.3 Å². The highest BCUT2D eigenvalue weighted by Gasteiger charge is 2.30. The van der Waals surface area contributed by atoms with E-state index >= 15 is 0 Å². The Labute approximate surface area is 173 Å². The van der Waals surface area contributed by atoms with Gasteiger partial charge in [-0.2, -0.15) is 0 Å². The number of rotatable bonds is 6. The minimum absolute atomic E-state index is 0.0572. The maximum Gasteiger partial charge on any atom is 0.227 e. The van der Waals surface area contributed by atoms with Gasteiger partial charge in [-0.3, -0.25) is 4.79 Å². The average molecular weight is 385 g/mol. The standard InChI is InChI=1S/C26H28N2O/c1-27-18-20-16-23-14-8-9-15-25(23)28(19-20)26(29)17-24(21-10-4-2-5-11-21)22-12-6-3-7-13-22/h2-15,20,24,27H,16-19H2,1H3. The van der Waals surface area contributed by atoms with E-state index in [1.165, 1.54) is 16.7 Å². The van der Waals surface area contributed by atoms with Crippen molar-refractivity contribution in [3.05, 3.63) is 102 Å². The zero-order chi connectivity index (χ0) is 20.1. The summed E-state index contributed by atoms with van der Waals surface area (Å²) in [6, 6.07) is 29.1. The number of anilines is 1. The number of nitrogens with one attached hydrogen (secondary N) is 1. The second-order valence-electron chi connectivity index (χ2n) is 7.84. The molecule has 1 atom stereocenters. The summed E-state index contributed by atoms with van der Waals surface area (Å²) in [5.41, 5.74) is 4.71. The van der Waals surface area contributed by atoms with Crippen molar-refractivity contribution in [1.29, 1.82) is 0 Å². The molecule has 3 nitrogen and oxygen atoms in total. The van der Waals surface area contributed by atoms with Gasteiger partial charge in [0, 0.05) is 24.6 Å². The van der Waals surface area contributed by atoms with Gasteiger partial charge in [-0.1, -0.05) is 78.9 Å². The van der Waals surface area contributed by atoms with Crippen molar-refractivity contribution in [2.45, 2.75) is 18.8 Å². The van der Waals surface area contributed by atoms with E-state index in [1.54, 1.807) is 0 Å². The lowest BCUT2D eigenvalue weighted by Crippen LogP contribution is -2.43. The van der Waals surface area contributed by atoms with Crippen molar-refractivity contribution in [2.75, 3.05) is 25.0 Å². The van der Waals surface area contributed by atoms with Crippen molar-refractivity contribution in [3.8, 4) is 0 Å². The first-order valence-corrected chi connectivity index (χ1v) is 10.4. The predicted octanol–water partition coefficient (Wildman–Crippen LogP) is 4.63. The Kier molecular flexibility index (Phi) is 6.06. The lowest BCUT2D eigenvalue weighted by atomic mass is 9.87. The second-order valence-corrected chi connectivity index (χ2v) is 7.84. The van der Waals surface area contributed by atoms with Crippen LogP contribution >= 0.6 is 0 Å². The lowest BCUT2D eigenvalue weighted by Gasteiger charge is -2.35. The van der Waals surface area contributed by atoms with E-state index in [0.717, 1.165) is 25.2 Å². The fourth-order valence-corrected chi connectivity index (χ4v) is 4.42. The predicted molar refractivity (Wildman–Crippen MR) is 119 cm³/mol. The summed E-state index contributed by atoms with van der Waals surface area (Å²) in [5, 5.41) is 3.28. The van der Waals surface area contributed by atoms with Gasteiger partial charge in [-0.25, -0.2) is 0 Å². The van der Waals surface area contributed by atoms with Crippen LogP contribution in [0.3, 0.4) is 0 Å². The third-order valence-corrected chi connectivity index (χ3v) is 5.81. The van der Waals surface area contributed by atoms with Crippen molar-refractivity contribution < 1.29 is 4.79 Å². The largest absolute Gasteiger partial charge is 0.319 e. The van der Waals surface area contributed by atoms with E-state index in [1.807, 2.05) is 30.1 Å². The zero-order valence-electron chi connectivity index (χ0n) is 16.9. The minimum Gasteiger partial charge on any atom is -0.319 e. The number of benzene rings is 3. The molecular weight excluding hydrogens is 356 g/mol. The number of para-hydroxylation sites is 1. The molecule has 29 heavy (non-hydrogen) atoms. The van der Waals surface area contributed by atoms with Gasteiger partial charge < -0.3 is 10.2 Å². The average Bonchev–Trinajstić information content (AvgIpc) is 2.78. The summed E-state index contributed by atoms with van der Waals surface area (Å²) in [5.74, 6) is 0.684. The number of hydrogen-bond donors (Lipinski definition) is 1. The van der Waals surface area contributed by atoms with Gasteiger partial charge in [0.05, 0.1) is 0 Å². The third-order valence-electron chi connectivity index (χ3n) is 5.81. The first kappa shape index (κ1) is 19.4. The quantitative estimate of drug-likeness (QED) is 0.672. The molecule has 0 aromatic heterocycles. The molecule has 1 aliphatic heterocycles. The van der Waals surface area contributed by atoms with E-state index < -0.39 is 0 Å². The molecule has 1 amide bonds. The van der Waals surface area contributed by atoms with Crippen molar-refractivity contribution in [3.63, 3.8) is 0 Å². The normalized spacial score (nSPS) is 15.9. The Morgan fingerprint density at radius 1 is 0.931 bits per heavy atom. The summed E-state index contributed by atoms with van der Waals surface area (Å²) >= 11 is 0. The molecule has 1 N–H and O–H groups in total. The maximum atomic E-state index is 13.6. The lowest BCUT2D eigenvalue weighted by molar-refractivity contribution is -0.119. The Balaban J connectivity index is 1.64. The molecule has 0 fully saturated rings. The van der Waals surface area contributed by atoms with E-state index in [2.05, 4.69) is 72.0 Å². The summed E-state index contributed by atoms with van der Waals surface area (Å²) in [6.45, 7) is 1.69. The first-order valence-electron chi connectivity index (χ1n) is 10.4. The molecule has 0 bridgehead atoms. The summed E-state index contributed by atoms with van der Waals surface area (Å²) < 4.78 is 0. The number of carbonyl (C=O) groups is 1. The Morgan fingerprint density at radius 2 is 1.52 bits per heavy atom. The van der Waals surface area contributed by atoms with Crippen LogP contribution in [0.15, 0.2) is 84.9 Å². The maximum absolute atomic E-state index is 13.6. The molecular formula is C26H28N2O. The van der Waals surface area contributed by atoms with Gasteiger partial charge in [0.25, 0.3) is 0 Å². The van der Waals surface area contributed by atoms with Crippen LogP contribution < -0.4 is 10.2 Å². The number of nitrogens with zero attached hydrogens (tertiary/aromatic N) is 1. The smallest absolute Gasteiger partial charge is 0.227 e. The molecule has 0 saturated carbocycles. The van der Waals surface area contributed by atoms with Gasteiger partial charge >= 0.3 is 0 Å². The van der Waals surface area contributed by atoms with Gasteiger partial charge in [0.15, 0.2) is 0 Å². The topological polar surface area (TPSA) is 32.3 Å². The molecule has 3 aromatic rings. The van der Waals surface area contributed by atoms with E-state index in [-0.39, 0.29) is 11.8 Å². The molecule has 1 unspecified atom stereocenters. The van der Waals surface area contributed by atoms with E-state index in [4.69, 9.17) is 0 Å². The number of amides is 1. The SMILES string of the molecule is CNCC1Cc2ccccc2N(C(=O)CC(c2ccccc2)c2ccccc2)C1. The van der Waals surface area contributed by atoms with Crippen LogP contribution in [0.4, 0.5) is 5.69 Å². The molecule has 148 valence electrons. The molecule has 1 aliphatic rings. The molecule has 1 heterocycles. The Morgan fingerprint density at radius 3 is 2.14 bits per heavy atom. The van der Waals surface area contributed by atoms with Crippen LogP contribution in [0.2, 0.25) is 0 Å². The van der Waals surface area contributed by atoms with Gasteiger partial charge in [0.2, 0.25) is 5.91 Å². The zero-order valence-corrected chi connectivity index (χ0v) is 16.9. The van der Waals surface area contributed by atoms with Crippen molar-refractivity contribution >= 4 is 11.6 Å². The molecule has 3 aromatic carbocycles. The molecule has 0 spiro atoms. The minimum atomic E-state index is 0.0572. The van der Waals surface area contributed by atoms with Crippen LogP contribution in [-0.2, 0) is 11.2 Å². The monoisotopic (exact) mass is 384 g/mol. The molecule has 0 saturated heterocycles. The highest BCUT2D eigenvalue weighted by molar-refractivity contribution is 5.95. The number of carbonyl (C=O) groups excluding carboxylic acids is 1. The second kappa shape index (κ2) is 9.06. The molecule has 0 radical (unpaired) electrons. The van der Waals surface area contributed by atoms with Crippen LogP contribution in [0.25, 0.3) is 0 Å². The first-order chi connectivity index (χ1) is 14.3. The molecule has 3 heteroatoms. The van der Waals surface area contributed by atoms with Crippen LogP contribution in [0, 0.1) is 5.92 Å². The third kappa shape index (κ3) is 4.41. The summed E-state index contributed by atoms with van der Waals surface area (Å²) in [4.78, 5) is 15.6. The van der Waals surface area contributed by atoms with Crippen molar-refractivity contribution in [2.24, 2.45) is 5.92 Å². The van der Waals surface area contributed by atoms with Gasteiger partial charge in [0.1, 0.15) is 0 Å². The number of hydrogen-bond acceptors (Lipinski definition) is 2. The molecule has 4 rings (SSSR count). The highest BCUT2D eigenvalue weighted by Crippen LogP contribution is 2.33. The van der Waals surface area contributed by atoms with Gasteiger partial charge in [-0.15, -0.1) is 0 Å². The van der Waals surface area contributed by atoms with Crippen molar-refractivity contribution in [1.82, 2.24) is 5.32 Å².